The SMILES string of the molecule is CCCN(C(N)=O)C1CCC1.O=C(O)C1CCC1. The van der Waals surface area contributed by atoms with Gasteiger partial charge in [0, 0.05) is 12.6 Å². The summed E-state index contributed by atoms with van der Waals surface area (Å²) in [5.74, 6) is -0.619. The largest absolute Gasteiger partial charge is 0.481 e. The summed E-state index contributed by atoms with van der Waals surface area (Å²) in [6, 6.07) is 0.198. The van der Waals surface area contributed by atoms with E-state index >= 15 is 0 Å². The molecular formula is C13H24N2O3. The van der Waals surface area contributed by atoms with Gasteiger partial charge < -0.3 is 15.7 Å². The molecule has 0 aliphatic heterocycles. The molecule has 0 atom stereocenters. The van der Waals surface area contributed by atoms with Crippen molar-refractivity contribution in [3.05, 3.63) is 0 Å². The molecule has 2 saturated carbocycles. The highest BCUT2D eigenvalue weighted by Gasteiger charge is 2.26. The first-order valence-electron chi connectivity index (χ1n) is 6.85. The Bertz CT molecular complexity index is 286. The van der Waals surface area contributed by atoms with Gasteiger partial charge in [0.2, 0.25) is 0 Å². The average Bonchev–Trinajstić information content (AvgIpc) is 2.11. The first kappa shape index (κ1) is 14.8. The standard InChI is InChI=1S/C8H16N2O.C5H8O2/c1-2-6-10(8(9)11)7-4-3-5-7;6-5(7)4-2-1-3-4/h7H,2-6H2,1H3,(H2,9,11);4H,1-3H2,(H,6,7). The summed E-state index contributed by atoms with van der Waals surface area (Å²) in [4.78, 5) is 22.6. The minimum absolute atomic E-state index is 0.000000000000000444. The van der Waals surface area contributed by atoms with Crippen molar-refractivity contribution in [1.29, 1.82) is 0 Å². The summed E-state index contributed by atoms with van der Waals surface area (Å²) < 4.78 is 0. The summed E-state index contributed by atoms with van der Waals surface area (Å²) in [5.41, 5.74) is 5.22. The lowest BCUT2D eigenvalue weighted by Gasteiger charge is -2.36. The molecule has 0 saturated heterocycles. The summed E-state index contributed by atoms with van der Waals surface area (Å²) in [7, 11) is 0. The Balaban J connectivity index is 0.000000199. The molecule has 0 unspecified atom stereocenters. The smallest absolute Gasteiger partial charge is 0.315 e. The van der Waals surface area contributed by atoms with Crippen molar-refractivity contribution in [2.75, 3.05) is 6.54 Å². The van der Waals surface area contributed by atoms with Gasteiger partial charge in [-0.05, 0) is 38.5 Å². The molecule has 0 aromatic carbocycles. The van der Waals surface area contributed by atoms with E-state index in [1.807, 2.05) is 0 Å². The van der Waals surface area contributed by atoms with Crippen molar-refractivity contribution >= 4 is 12.0 Å². The van der Waals surface area contributed by atoms with Crippen molar-refractivity contribution in [3.63, 3.8) is 0 Å². The zero-order valence-corrected chi connectivity index (χ0v) is 11.1. The van der Waals surface area contributed by atoms with E-state index in [9.17, 15) is 9.59 Å². The van der Waals surface area contributed by atoms with Crippen LogP contribution in [0.1, 0.15) is 51.9 Å². The Kier molecular flexibility index (Phi) is 5.95. The van der Waals surface area contributed by atoms with E-state index in [4.69, 9.17) is 10.8 Å². The Hall–Kier alpha value is -1.26. The third-order valence-corrected chi connectivity index (χ3v) is 3.72. The van der Waals surface area contributed by atoms with Gasteiger partial charge in [0.25, 0.3) is 0 Å². The number of rotatable bonds is 4. The van der Waals surface area contributed by atoms with Crippen LogP contribution in [0.2, 0.25) is 0 Å². The summed E-state index contributed by atoms with van der Waals surface area (Å²) >= 11 is 0. The lowest BCUT2D eigenvalue weighted by atomic mass is 9.86. The second kappa shape index (κ2) is 7.24. The topological polar surface area (TPSA) is 83.6 Å². The van der Waals surface area contributed by atoms with Crippen LogP contribution in [0, 0.1) is 5.92 Å². The Morgan fingerprint density at radius 1 is 1.22 bits per heavy atom. The van der Waals surface area contributed by atoms with Crippen molar-refractivity contribution in [1.82, 2.24) is 4.90 Å². The molecule has 2 rings (SSSR count). The van der Waals surface area contributed by atoms with Crippen molar-refractivity contribution in [2.45, 2.75) is 57.9 Å². The number of hydrogen-bond acceptors (Lipinski definition) is 2. The van der Waals surface area contributed by atoms with E-state index in [-0.39, 0.29) is 11.9 Å². The first-order valence-corrected chi connectivity index (χ1v) is 6.85. The quantitative estimate of drug-likeness (QED) is 0.808. The number of carboxylic acid groups (broad SMARTS) is 1. The molecule has 3 N–H and O–H groups in total. The maximum Gasteiger partial charge on any atom is 0.315 e. The second-order valence-corrected chi connectivity index (χ2v) is 5.08. The van der Waals surface area contributed by atoms with Crippen LogP contribution in [0.4, 0.5) is 4.79 Å². The zero-order valence-electron chi connectivity index (χ0n) is 11.1. The number of nitrogens with zero attached hydrogens (tertiary/aromatic N) is 1. The molecule has 0 aromatic heterocycles. The summed E-state index contributed by atoms with van der Waals surface area (Å²) in [5, 5.41) is 8.23. The average molecular weight is 256 g/mol. The predicted octanol–water partition coefficient (Wildman–Crippen LogP) is 2.20. The molecule has 0 bridgehead atoms. The molecule has 0 heterocycles. The van der Waals surface area contributed by atoms with Crippen LogP contribution in [0.25, 0.3) is 0 Å². The van der Waals surface area contributed by atoms with Crippen LogP contribution in [0.15, 0.2) is 0 Å². The van der Waals surface area contributed by atoms with E-state index in [2.05, 4.69) is 6.92 Å². The number of carbonyl (C=O) groups excluding carboxylic acids is 1. The molecular weight excluding hydrogens is 232 g/mol. The van der Waals surface area contributed by atoms with E-state index in [1.165, 1.54) is 6.42 Å². The predicted molar refractivity (Wildman–Crippen MR) is 69.2 cm³/mol. The molecule has 0 spiro atoms. The van der Waals surface area contributed by atoms with Gasteiger partial charge in [-0.15, -0.1) is 0 Å². The highest BCUT2D eigenvalue weighted by atomic mass is 16.4. The Morgan fingerprint density at radius 2 is 1.78 bits per heavy atom. The van der Waals surface area contributed by atoms with Crippen LogP contribution in [0.3, 0.4) is 0 Å². The Morgan fingerprint density at radius 3 is 1.94 bits per heavy atom. The Labute approximate surface area is 108 Å². The van der Waals surface area contributed by atoms with E-state index in [0.717, 1.165) is 45.1 Å². The highest BCUT2D eigenvalue weighted by molar-refractivity contribution is 5.72. The van der Waals surface area contributed by atoms with Gasteiger partial charge in [0.1, 0.15) is 0 Å². The molecule has 5 nitrogen and oxygen atoms in total. The molecule has 2 amide bonds. The second-order valence-electron chi connectivity index (χ2n) is 5.08. The fraction of sp³-hybridized carbons (Fsp3) is 0.846. The van der Waals surface area contributed by atoms with Crippen molar-refractivity contribution in [3.8, 4) is 0 Å². The van der Waals surface area contributed by atoms with Gasteiger partial charge >= 0.3 is 12.0 Å². The minimum Gasteiger partial charge on any atom is -0.481 e. The molecule has 0 radical (unpaired) electrons. The number of primary amides is 1. The summed E-state index contributed by atoms with van der Waals surface area (Å²) in [6.07, 6.45) is 7.44. The van der Waals surface area contributed by atoms with Gasteiger partial charge in [0.05, 0.1) is 5.92 Å². The molecule has 104 valence electrons. The third-order valence-electron chi connectivity index (χ3n) is 3.72. The summed E-state index contributed by atoms with van der Waals surface area (Å²) in [6.45, 7) is 2.88. The van der Waals surface area contributed by atoms with Gasteiger partial charge in [-0.25, -0.2) is 4.79 Å². The van der Waals surface area contributed by atoms with Crippen LogP contribution in [-0.2, 0) is 4.79 Å². The monoisotopic (exact) mass is 256 g/mol. The van der Waals surface area contributed by atoms with Crippen LogP contribution < -0.4 is 5.73 Å². The molecule has 2 fully saturated rings. The number of carboxylic acids is 1. The molecule has 18 heavy (non-hydrogen) atoms. The van der Waals surface area contributed by atoms with Crippen LogP contribution in [-0.4, -0.2) is 34.6 Å². The maximum absolute atomic E-state index is 10.9. The number of amides is 2. The van der Waals surface area contributed by atoms with Crippen LogP contribution >= 0.6 is 0 Å². The highest BCUT2D eigenvalue weighted by Crippen LogP contribution is 2.25. The van der Waals surface area contributed by atoms with Gasteiger partial charge in [-0.1, -0.05) is 13.3 Å². The first-order chi connectivity index (χ1) is 8.56. The van der Waals surface area contributed by atoms with Crippen molar-refractivity contribution in [2.24, 2.45) is 11.7 Å². The van der Waals surface area contributed by atoms with E-state index < -0.39 is 5.97 Å². The molecule has 2 aliphatic rings. The molecule has 0 aromatic rings. The van der Waals surface area contributed by atoms with E-state index in [1.54, 1.807) is 4.90 Å². The third kappa shape index (κ3) is 4.20. The molecule has 5 heteroatoms. The number of aliphatic carboxylic acids is 1. The van der Waals surface area contributed by atoms with E-state index in [0.29, 0.717) is 6.04 Å². The van der Waals surface area contributed by atoms with Gasteiger partial charge in [0.15, 0.2) is 0 Å². The number of carbonyl (C=O) groups is 2. The zero-order chi connectivity index (χ0) is 13.5. The lowest BCUT2D eigenvalue weighted by Crippen LogP contribution is -2.47. The van der Waals surface area contributed by atoms with Crippen molar-refractivity contribution < 1.29 is 14.7 Å². The molecule has 2 aliphatic carbocycles. The number of hydrogen-bond donors (Lipinski definition) is 2. The fourth-order valence-electron chi connectivity index (χ4n) is 2.07. The van der Waals surface area contributed by atoms with Crippen LogP contribution in [0.5, 0.6) is 0 Å². The van der Waals surface area contributed by atoms with Gasteiger partial charge in [-0.3, -0.25) is 4.79 Å². The maximum atomic E-state index is 10.9. The number of urea groups is 1. The van der Waals surface area contributed by atoms with Gasteiger partial charge in [-0.2, -0.15) is 0 Å². The number of nitrogens with two attached hydrogens (primary N) is 1. The fourth-order valence-corrected chi connectivity index (χ4v) is 2.07. The lowest BCUT2D eigenvalue weighted by molar-refractivity contribution is -0.144. The minimum atomic E-state index is -0.619. The normalized spacial score (nSPS) is 18.9.